The Morgan fingerprint density at radius 1 is 0.949 bits per heavy atom. The highest BCUT2D eigenvalue weighted by atomic mass is 35.5. The Kier molecular flexibility index (Phi) is 13.3. The number of nitriles is 1. The van der Waals surface area contributed by atoms with Crippen molar-refractivity contribution in [2.24, 2.45) is 15.9 Å². The minimum Gasteiger partial charge on any atom is -0.339 e. The summed E-state index contributed by atoms with van der Waals surface area (Å²) in [6.45, 7) is 10.7. The number of nitrogens with one attached hydrogen (secondary N) is 1. The summed E-state index contributed by atoms with van der Waals surface area (Å²) in [5, 5.41) is 16.0. The van der Waals surface area contributed by atoms with Gasteiger partial charge < -0.3 is 9.80 Å². The summed E-state index contributed by atoms with van der Waals surface area (Å²) in [6.07, 6.45) is 4.64. The van der Waals surface area contributed by atoms with Gasteiger partial charge in [0.15, 0.2) is 6.19 Å². The highest BCUT2D eigenvalue weighted by Crippen LogP contribution is 2.27. The Morgan fingerprint density at radius 2 is 1.59 bits per heavy atom. The summed E-state index contributed by atoms with van der Waals surface area (Å²) in [7, 11) is 0. The summed E-state index contributed by atoms with van der Waals surface area (Å²) in [5.74, 6) is 1.33. The second-order valence-corrected chi connectivity index (χ2v) is 11.1. The first kappa shape index (κ1) is 31.6. The van der Waals surface area contributed by atoms with Crippen molar-refractivity contribution < 1.29 is 0 Å². The van der Waals surface area contributed by atoms with Gasteiger partial charge in [0, 0.05) is 39.3 Å². The molecule has 12 heteroatoms. The van der Waals surface area contributed by atoms with Crippen LogP contribution in [0.25, 0.3) is 0 Å². The predicted molar refractivity (Wildman–Crippen MR) is 166 cm³/mol. The van der Waals surface area contributed by atoms with Gasteiger partial charge >= 0.3 is 0 Å². The molecule has 7 nitrogen and oxygen atoms in total. The van der Waals surface area contributed by atoms with Crippen molar-refractivity contribution >= 4 is 81.1 Å². The smallest absolute Gasteiger partial charge is 0.212 e. The van der Waals surface area contributed by atoms with E-state index in [1.54, 1.807) is 36.4 Å². The topological polar surface area (TPSA) is 70.3 Å². The van der Waals surface area contributed by atoms with Crippen molar-refractivity contribution in [1.29, 1.82) is 5.26 Å². The molecule has 2 fully saturated rings. The first-order valence-electron chi connectivity index (χ1n) is 12.7. The molecule has 39 heavy (non-hydrogen) atoms. The van der Waals surface area contributed by atoms with Gasteiger partial charge in [-0.05, 0) is 80.5 Å². The largest absolute Gasteiger partial charge is 0.339 e. The fourth-order valence-corrected chi connectivity index (χ4v) is 5.30. The highest BCUT2D eigenvalue weighted by Gasteiger charge is 2.25. The van der Waals surface area contributed by atoms with Crippen LogP contribution in [0.4, 0.5) is 11.4 Å². The van der Waals surface area contributed by atoms with Gasteiger partial charge in [0.05, 0.1) is 36.6 Å². The molecule has 2 heterocycles. The number of nitrogens with zero attached hydrogens (tertiary/aromatic N) is 6. The Labute approximate surface area is 256 Å². The van der Waals surface area contributed by atoms with Gasteiger partial charge in [-0.2, -0.15) is 10.3 Å². The number of thiocarbonyl (C=S) groups is 1. The summed E-state index contributed by atoms with van der Waals surface area (Å²) in [5.41, 5.74) is 1.34. The number of halogens is 4. The maximum absolute atomic E-state index is 9.13. The zero-order valence-electron chi connectivity index (χ0n) is 21.7. The number of piperazine rings is 1. The van der Waals surface area contributed by atoms with Crippen LogP contribution in [-0.2, 0) is 0 Å². The highest BCUT2D eigenvalue weighted by molar-refractivity contribution is 7.78. The minimum atomic E-state index is 0.456. The van der Waals surface area contributed by atoms with E-state index in [1.807, 2.05) is 6.19 Å². The Balaban J connectivity index is 0.000000320. The molecule has 0 saturated carbocycles. The maximum atomic E-state index is 9.13. The van der Waals surface area contributed by atoms with Gasteiger partial charge in [0.2, 0.25) is 5.96 Å². The molecule has 2 aliphatic heterocycles. The van der Waals surface area contributed by atoms with E-state index in [2.05, 4.69) is 54.3 Å². The first-order chi connectivity index (χ1) is 18.8. The van der Waals surface area contributed by atoms with Gasteiger partial charge in [-0.3, -0.25) is 10.2 Å². The Morgan fingerprint density at radius 3 is 2.18 bits per heavy atom. The maximum Gasteiger partial charge on any atom is 0.212 e. The third kappa shape index (κ3) is 10.2. The van der Waals surface area contributed by atoms with E-state index in [0.29, 0.717) is 37.4 Å². The molecule has 0 spiro atoms. The van der Waals surface area contributed by atoms with Crippen LogP contribution in [0.1, 0.15) is 19.8 Å². The predicted octanol–water partition coefficient (Wildman–Crippen LogP) is 7.13. The van der Waals surface area contributed by atoms with Gasteiger partial charge in [0.25, 0.3) is 0 Å². The van der Waals surface area contributed by atoms with E-state index in [4.69, 9.17) is 51.7 Å². The third-order valence-electron chi connectivity index (χ3n) is 6.62. The van der Waals surface area contributed by atoms with Gasteiger partial charge in [-0.1, -0.05) is 53.3 Å². The lowest BCUT2D eigenvalue weighted by Gasteiger charge is -2.39. The Hall–Kier alpha value is -1.92. The van der Waals surface area contributed by atoms with Crippen molar-refractivity contribution in [1.82, 2.24) is 20.0 Å². The number of rotatable bonds is 5. The second-order valence-electron chi connectivity index (χ2n) is 9.26. The second kappa shape index (κ2) is 16.4. The average molecular weight is 627 g/mol. The molecule has 0 bridgehead atoms. The van der Waals surface area contributed by atoms with Crippen molar-refractivity contribution in [3.63, 3.8) is 0 Å². The third-order valence-corrected chi connectivity index (χ3v) is 8.19. The number of hydrogen-bond acceptors (Lipinski definition) is 6. The van der Waals surface area contributed by atoms with Crippen LogP contribution in [0.3, 0.4) is 0 Å². The molecular weight excluding hydrogens is 596 g/mol. The summed E-state index contributed by atoms with van der Waals surface area (Å²) >= 11 is 27.8. The van der Waals surface area contributed by atoms with Crippen LogP contribution < -0.4 is 5.32 Å². The standard InChI is InChI=1S/C20H28Cl2N6.C7H3Cl2NS/c1-2-26-7-3-4-16(13-26)14-27-8-10-28(11-9-27)20(24-15-23)25-17-5-6-18(21)19(22)12-17;8-6-2-1-5(10-4-11)3-7(6)9/h5-6,12,16H,2-4,7-11,13-14H2,1H3,(H,24,25);1-3H/t16-;/m1./s1. The molecule has 4 rings (SSSR count). The molecule has 0 aliphatic carbocycles. The van der Waals surface area contributed by atoms with E-state index in [9.17, 15) is 0 Å². The molecule has 208 valence electrons. The number of likely N-dealkylation sites (tertiary alicyclic amines) is 1. The molecule has 1 atom stereocenters. The molecule has 2 aliphatic rings. The average Bonchev–Trinajstić information content (AvgIpc) is 2.94. The lowest BCUT2D eigenvalue weighted by atomic mass is 9.97. The van der Waals surface area contributed by atoms with E-state index in [1.165, 1.54) is 25.9 Å². The molecule has 0 amide bonds. The number of guanidine groups is 1. The normalized spacial score (nSPS) is 18.4. The van der Waals surface area contributed by atoms with Crippen LogP contribution in [0.15, 0.2) is 46.4 Å². The molecule has 1 N–H and O–H groups in total. The number of piperidine rings is 1. The van der Waals surface area contributed by atoms with Crippen LogP contribution >= 0.6 is 58.6 Å². The molecule has 2 aromatic rings. The number of benzene rings is 2. The lowest BCUT2D eigenvalue weighted by Crippen LogP contribution is -2.53. The van der Waals surface area contributed by atoms with Crippen LogP contribution in [0.2, 0.25) is 20.1 Å². The van der Waals surface area contributed by atoms with Gasteiger partial charge in [-0.25, -0.2) is 4.99 Å². The molecule has 2 saturated heterocycles. The minimum absolute atomic E-state index is 0.456. The van der Waals surface area contributed by atoms with E-state index >= 15 is 0 Å². The van der Waals surface area contributed by atoms with Gasteiger partial charge in [0.1, 0.15) is 0 Å². The van der Waals surface area contributed by atoms with Crippen molar-refractivity contribution in [3.05, 3.63) is 56.5 Å². The quantitative estimate of drug-likeness (QED) is 0.125. The molecule has 0 radical (unpaired) electrons. The molecule has 2 aromatic carbocycles. The Bertz CT molecular complexity index is 1220. The van der Waals surface area contributed by atoms with Crippen molar-refractivity contribution in [2.45, 2.75) is 19.8 Å². The van der Waals surface area contributed by atoms with E-state index in [0.717, 1.165) is 45.2 Å². The number of hydrogen-bond donors (Lipinski definition) is 1. The van der Waals surface area contributed by atoms with Crippen molar-refractivity contribution in [3.8, 4) is 6.19 Å². The fourth-order valence-electron chi connectivity index (χ4n) is 4.61. The molecule has 0 aromatic heterocycles. The van der Waals surface area contributed by atoms with Crippen LogP contribution in [-0.4, -0.2) is 78.2 Å². The van der Waals surface area contributed by atoms with Crippen molar-refractivity contribution in [2.75, 3.05) is 52.4 Å². The molecule has 0 unspecified atom stereocenters. The van der Waals surface area contributed by atoms with Crippen LogP contribution in [0, 0.1) is 17.4 Å². The number of isothiocyanates is 1. The zero-order chi connectivity index (χ0) is 28.2. The van der Waals surface area contributed by atoms with Gasteiger partial charge in [-0.15, -0.1) is 0 Å². The number of aliphatic imine (C=N–C) groups is 2. The SMILES string of the molecule is CCN1CCC[C@@H](CN2CCN(C(=Nc3ccc(Cl)c(Cl)c3)NC#N)CC2)C1.S=C=Nc1ccc(Cl)c(Cl)c1. The summed E-state index contributed by atoms with van der Waals surface area (Å²) < 4.78 is 0. The summed E-state index contributed by atoms with van der Waals surface area (Å²) in [4.78, 5) is 15.5. The van der Waals surface area contributed by atoms with E-state index < -0.39 is 0 Å². The van der Waals surface area contributed by atoms with Crippen LogP contribution in [0.5, 0.6) is 0 Å². The lowest BCUT2D eigenvalue weighted by molar-refractivity contribution is 0.112. The summed E-state index contributed by atoms with van der Waals surface area (Å²) in [6, 6.07) is 10.2. The zero-order valence-corrected chi connectivity index (χ0v) is 25.6. The first-order valence-corrected chi connectivity index (χ1v) is 14.7. The fraction of sp³-hybridized carbons (Fsp3) is 0.444. The monoisotopic (exact) mass is 625 g/mol. The molecular formula is C27H31Cl4N7S. The van der Waals surface area contributed by atoms with E-state index in [-0.39, 0.29) is 0 Å².